The molecular weight excluding hydrogens is 192 g/mol. The monoisotopic (exact) mass is 208 g/mol. The smallest absolute Gasteiger partial charge is 0.213 e. The Balaban J connectivity index is 1.84. The Kier molecular flexibility index (Phi) is 3.06. The fourth-order valence-electron chi connectivity index (χ4n) is 1.69. The molecule has 0 unspecified atom stereocenters. The number of hydrogen-bond acceptors (Lipinski definition) is 4. The SMILES string of the molecule is COc1ccc(OC2CC(CN)C2)nc1. The Morgan fingerprint density at radius 2 is 2.27 bits per heavy atom. The lowest BCUT2D eigenvalue weighted by Crippen LogP contribution is -2.37. The van der Waals surface area contributed by atoms with E-state index in [-0.39, 0.29) is 0 Å². The van der Waals surface area contributed by atoms with Gasteiger partial charge < -0.3 is 15.2 Å². The minimum absolute atomic E-state index is 0.291. The Hall–Kier alpha value is -1.29. The molecular formula is C11H16N2O2. The molecule has 2 N–H and O–H groups in total. The fourth-order valence-corrected chi connectivity index (χ4v) is 1.69. The summed E-state index contributed by atoms with van der Waals surface area (Å²) in [5.74, 6) is 2.04. The van der Waals surface area contributed by atoms with Crippen molar-refractivity contribution in [3.63, 3.8) is 0 Å². The lowest BCUT2D eigenvalue weighted by molar-refractivity contribution is 0.0648. The van der Waals surface area contributed by atoms with Gasteiger partial charge in [0.1, 0.15) is 11.9 Å². The average molecular weight is 208 g/mol. The highest BCUT2D eigenvalue weighted by atomic mass is 16.5. The molecule has 1 heterocycles. The van der Waals surface area contributed by atoms with E-state index in [0.717, 1.165) is 25.1 Å². The van der Waals surface area contributed by atoms with Gasteiger partial charge in [-0.1, -0.05) is 0 Å². The van der Waals surface area contributed by atoms with Crippen LogP contribution in [0.25, 0.3) is 0 Å². The highest BCUT2D eigenvalue weighted by Gasteiger charge is 2.29. The Bertz CT molecular complexity index is 307. The minimum atomic E-state index is 0.291. The molecule has 4 heteroatoms. The van der Waals surface area contributed by atoms with Crippen molar-refractivity contribution in [1.29, 1.82) is 0 Å². The van der Waals surface area contributed by atoms with Crippen LogP contribution in [0.3, 0.4) is 0 Å². The first-order valence-electron chi connectivity index (χ1n) is 5.18. The number of ether oxygens (including phenoxy) is 2. The summed E-state index contributed by atoms with van der Waals surface area (Å²) < 4.78 is 10.7. The predicted octanol–water partition coefficient (Wildman–Crippen LogP) is 1.21. The van der Waals surface area contributed by atoms with Crippen molar-refractivity contribution in [2.75, 3.05) is 13.7 Å². The minimum Gasteiger partial charge on any atom is -0.495 e. The largest absolute Gasteiger partial charge is 0.495 e. The fraction of sp³-hybridized carbons (Fsp3) is 0.545. The standard InChI is InChI=1S/C11H16N2O2/c1-14-9-2-3-11(13-7-9)15-10-4-8(5-10)6-12/h2-3,7-8,10H,4-6,12H2,1H3. The van der Waals surface area contributed by atoms with Crippen molar-refractivity contribution >= 4 is 0 Å². The van der Waals surface area contributed by atoms with Gasteiger partial charge in [-0.2, -0.15) is 0 Å². The molecule has 0 spiro atoms. The van der Waals surface area contributed by atoms with E-state index >= 15 is 0 Å². The number of nitrogens with zero attached hydrogens (tertiary/aromatic N) is 1. The maximum Gasteiger partial charge on any atom is 0.213 e. The van der Waals surface area contributed by atoms with Crippen molar-refractivity contribution in [2.45, 2.75) is 18.9 Å². The van der Waals surface area contributed by atoms with Crippen LogP contribution < -0.4 is 15.2 Å². The van der Waals surface area contributed by atoms with Crippen molar-refractivity contribution in [3.8, 4) is 11.6 Å². The summed E-state index contributed by atoms with van der Waals surface area (Å²) in [5.41, 5.74) is 5.54. The van der Waals surface area contributed by atoms with Crippen LogP contribution in [0.15, 0.2) is 18.3 Å². The molecule has 0 aliphatic heterocycles. The van der Waals surface area contributed by atoms with Crippen LogP contribution in [0.5, 0.6) is 11.6 Å². The van der Waals surface area contributed by atoms with Crippen molar-refractivity contribution < 1.29 is 9.47 Å². The molecule has 1 saturated carbocycles. The van der Waals surface area contributed by atoms with Crippen molar-refractivity contribution in [2.24, 2.45) is 11.7 Å². The molecule has 2 rings (SSSR count). The summed E-state index contributed by atoms with van der Waals surface area (Å²) in [7, 11) is 1.62. The zero-order valence-corrected chi connectivity index (χ0v) is 8.85. The number of aromatic nitrogens is 1. The number of hydrogen-bond donors (Lipinski definition) is 1. The van der Waals surface area contributed by atoms with Crippen molar-refractivity contribution in [3.05, 3.63) is 18.3 Å². The topological polar surface area (TPSA) is 57.4 Å². The molecule has 1 fully saturated rings. The molecule has 1 aromatic heterocycles. The first-order chi connectivity index (χ1) is 7.31. The van der Waals surface area contributed by atoms with Gasteiger partial charge in [-0.3, -0.25) is 0 Å². The lowest BCUT2D eigenvalue weighted by atomic mass is 9.82. The normalized spacial score (nSPS) is 24.4. The number of pyridine rings is 1. The predicted molar refractivity (Wildman–Crippen MR) is 57.0 cm³/mol. The summed E-state index contributed by atoms with van der Waals surface area (Å²) in [6.45, 7) is 0.760. The zero-order chi connectivity index (χ0) is 10.7. The van der Waals surface area contributed by atoms with E-state index in [2.05, 4.69) is 4.98 Å². The maximum absolute atomic E-state index is 5.66. The van der Waals surface area contributed by atoms with Gasteiger partial charge >= 0.3 is 0 Å². The van der Waals surface area contributed by atoms with Crippen LogP contribution >= 0.6 is 0 Å². The molecule has 15 heavy (non-hydrogen) atoms. The van der Waals surface area contributed by atoms with Gasteiger partial charge in [-0.25, -0.2) is 4.98 Å². The van der Waals surface area contributed by atoms with Gasteiger partial charge in [-0.15, -0.1) is 0 Å². The summed E-state index contributed by atoms with van der Waals surface area (Å²) in [6.07, 6.45) is 4.04. The van der Waals surface area contributed by atoms with E-state index in [4.69, 9.17) is 15.2 Å². The van der Waals surface area contributed by atoms with E-state index < -0.39 is 0 Å². The van der Waals surface area contributed by atoms with Gasteiger partial charge in [0.15, 0.2) is 0 Å². The van der Waals surface area contributed by atoms with Crippen molar-refractivity contribution in [1.82, 2.24) is 4.98 Å². The Labute approximate surface area is 89.4 Å². The van der Waals surface area contributed by atoms with Gasteiger partial charge in [0.25, 0.3) is 0 Å². The average Bonchev–Trinajstić information content (AvgIpc) is 2.23. The molecule has 0 bridgehead atoms. The highest BCUT2D eigenvalue weighted by Crippen LogP contribution is 2.29. The van der Waals surface area contributed by atoms with Gasteiger partial charge in [0.05, 0.1) is 13.3 Å². The Morgan fingerprint density at radius 3 is 2.80 bits per heavy atom. The number of methoxy groups -OCH3 is 1. The lowest BCUT2D eigenvalue weighted by Gasteiger charge is -2.34. The highest BCUT2D eigenvalue weighted by molar-refractivity contribution is 5.22. The quantitative estimate of drug-likeness (QED) is 0.808. The molecule has 0 aromatic carbocycles. The van der Waals surface area contributed by atoms with Crippen LogP contribution in [0.2, 0.25) is 0 Å². The molecule has 1 aliphatic carbocycles. The molecule has 0 atom stereocenters. The molecule has 82 valence electrons. The second-order valence-corrected chi connectivity index (χ2v) is 3.85. The second-order valence-electron chi connectivity index (χ2n) is 3.85. The van der Waals surface area contributed by atoms with E-state index in [1.54, 1.807) is 13.3 Å². The summed E-state index contributed by atoms with van der Waals surface area (Å²) in [5, 5.41) is 0. The molecule has 1 aliphatic rings. The summed E-state index contributed by atoms with van der Waals surface area (Å²) >= 11 is 0. The third kappa shape index (κ3) is 2.39. The van der Waals surface area contributed by atoms with E-state index in [1.165, 1.54) is 0 Å². The van der Waals surface area contributed by atoms with Gasteiger partial charge in [0.2, 0.25) is 5.88 Å². The first-order valence-corrected chi connectivity index (χ1v) is 5.18. The zero-order valence-electron chi connectivity index (χ0n) is 8.85. The van der Waals surface area contributed by atoms with Crippen LogP contribution in [-0.2, 0) is 0 Å². The second kappa shape index (κ2) is 4.49. The molecule has 0 radical (unpaired) electrons. The first kappa shape index (κ1) is 10.2. The van der Waals surface area contributed by atoms with E-state index in [9.17, 15) is 0 Å². The number of rotatable bonds is 4. The van der Waals surface area contributed by atoms with Crippen LogP contribution in [0.1, 0.15) is 12.8 Å². The summed E-state index contributed by atoms with van der Waals surface area (Å²) in [6, 6.07) is 3.68. The van der Waals surface area contributed by atoms with Gasteiger partial charge in [-0.05, 0) is 31.4 Å². The molecule has 1 aromatic rings. The van der Waals surface area contributed by atoms with Crippen LogP contribution in [-0.4, -0.2) is 24.7 Å². The van der Waals surface area contributed by atoms with Crippen LogP contribution in [0, 0.1) is 5.92 Å². The Morgan fingerprint density at radius 1 is 1.47 bits per heavy atom. The van der Waals surface area contributed by atoms with E-state index in [0.29, 0.717) is 17.9 Å². The van der Waals surface area contributed by atoms with Gasteiger partial charge in [0, 0.05) is 6.07 Å². The maximum atomic E-state index is 5.66. The number of nitrogens with two attached hydrogens (primary N) is 1. The van der Waals surface area contributed by atoms with E-state index in [1.807, 2.05) is 12.1 Å². The third-order valence-electron chi connectivity index (χ3n) is 2.76. The van der Waals surface area contributed by atoms with Crippen LogP contribution in [0.4, 0.5) is 0 Å². The molecule has 4 nitrogen and oxygen atoms in total. The third-order valence-corrected chi connectivity index (χ3v) is 2.76. The summed E-state index contributed by atoms with van der Waals surface area (Å²) in [4.78, 5) is 4.14. The molecule has 0 saturated heterocycles. The molecule has 0 amide bonds.